The van der Waals surface area contributed by atoms with Gasteiger partial charge in [-0.3, -0.25) is 4.79 Å². The van der Waals surface area contributed by atoms with Crippen molar-refractivity contribution in [2.45, 2.75) is 32.5 Å². The number of hydrogen-bond acceptors (Lipinski definition) is 4. The topological polar surface area (TPSA) is 55.8 Å². The molecule has 0 aliphatic carbocycles. The van der Waals surface area contributed by atoms with Crippen molar-refractivity contribution in [2.75, 3.05) is 7.11 Å². The molecule has 1 rings (SSSR count). The highest BCUT2D eigenvalue weighted by Gasteiger charge is 2.13. The molecule has 0 fully saturated rings. The summed E-state index contributed by atoms with van der Waals surface area (Å²) in [6.07, 6.45) is -0.766. The normalized spacial score (nSPS) is 12.3. The molecule has 0 unspecified atom stereocenters. The Morgan fingerprint density at radius 1 is 1.29 bits per heavy atom. The summed E-state index contributed by atoms with van der Waals surface area (Å²) in [4.78, 5) is 11.0. The Hall–Kier alpha value is -1.55. The van der Waals surface area contributed by atoms with Crippen LogP contribution in [0.25, 0.3) is 0 Å². The van der Waals surface area contributed by atoms with Gasteiger partial charge in [-0.1, -0.05) is 12.1 Å². The molecule has 4 nitrogen and oxygen atoms in total. The van der Waals surface area contributed by atoms with Gasteiger partial charge in [-0.15, -0.1) is 0 Å². The van der Waals surface area contributed by atoms with E-state index in [1.165, 1.54) is 7.11 Å². The van der Waals surface area contributed by atoms with Crippen LogP contribution in [0.2, 0.25) is 0 Å². The molecule has 17 heavy (non-hydrogen) atoms. The highest BCUT2D eigenvalue weighted by atomic mass is 16.5. The first-order valence-corrected chi connectivity index (χ1v) is 5.54. The largest absolute Gasteiger partial charge is 0.491 e. The summed E-state index contributed by atoms with van der Waals surface area (Å²) in [5.74, 6) is 0.314. The van der Waals surface area contributed by atoms with Crippen LogP contribution in [0.15, 0.2) is 24.3 Å². The molecule has 1 aromatic rings. The molecule has 0 saturated carbocycles. The van der Waals surface area contributed by atoms with Crippen molar-refractivity contribution >= 4 is 5.97 Å². The third-order valence-corrected chi connectivity index (χ3v) is 2.22. The number of hydrogen-bond donors (Lipinski definition) is 1. The minimum Gasteiger partial charge on any atom is -0.491 e. The molecule has 1 atom stereocenters. The molecule has 0 heterocycles. The molecule has 1 N–H and O–H groups in total. The summed E-state index contributed by atoms with van der Waals surface area (Å²) >= 11 is 0. The Balaban J connectivity index is 2.63. The fourth-order valence-corrected chi connectivity index (χ4v) is 1.40. The number of carbonyl (C=O) groups is 1. The summed E-state index contributed by atoms with van der Waals surface area (Å²) in [7, 11) is 1.30. The van der Waals surface area contributed by atoms with Crippen molar-refractivity contribution in [1.29, 1.82) is 0 Å². The smallest absolute Gasteiger partial charge is 0.308 e. The van der Waals surface area contributed by atoms with E-state index in [1.807, 2.05) is 13.8 Å². The number of rotatable bonds is 5. The maximum Gasteiger partial charge on any atom is 0.308 e. The summed E-state index contributed by atoms with van der Waals surface area (Å²) in [6, 6.07) is 7.03. The number of ether oxygens (including phenoxy) is 2. The first kappa shape index (κ1) is 13.5. The lowest BCUT2D eigenvalue weighted by Crippen LogP contribution is -2.08. The molecular weight excluding hydrogens is 220 g/mol. The Morgan fingerprint density at radius 3 is 2.35 bits per heavy atom. The van der Waals surface area contributed by atoms with Gasteiger partial charge in [0.05, 0.1) is 25.7 Å². The van der Waals surface area contributed by atoms with Crippen LogP contribution in [0.4, 0.5) is 0 Å². The Bertz CT molecular complexity index is 356. The Kier molecular flexibility index (Phi) is 4.97. The van der Waals surface area contributed by atoms with Crippen LogP contribution in [-0.4, -0.2) is 24.3 Å². The van der Waals surface area contributed by atoms with E-state index in [2.05, 4.69) is 4.74 Å². The third kappa shape index (κ3) is 4.44. The zero-order valence-corrected chi connectivity index (χ0v) is 10.3. The maximum atomic E-state index is 11.0. The van der Waals surface area contributed by atoms with E-state index in [0.717, 1.165) is 5.75 Å². The van der Waals surface area contributed by atoms with Gasteiger partial charge in [0, 0.05) is 0 Å². The molecule has 0 aliphatic rings. The van der Waals surface area contributed by atoms with Gasteiger partial charge in [-0.25, -0.2) is 0 Å². The highest BCUT2D eigenvalue weighted by Crippen LogP contribution is 2.21. The van der Waals surface area contributed by atoms with Crippen LogP contribution in [0, 0.1) is 0 Å². The second-order valence-electron chi connectivity index (χ2n) is 4.03. The van der Waals surface area contributed by atoms with Crippen molar-refractivity contribution in [1.82, 2.24) is 0 Å². The predicted molar refractivity (Wildman–Crippen MR) is 63.8 cm³/mol. The van der Waals surface area contributed by atoms with Crippen LogP contribution in [-0.2, 0) is 9.53 Å². The molecule has 0 aromatic heterocycles. The monoisotopic (exact) mass is 238 g/mol. The van der Waals surface area contributed by atoms with Gasteiger partial charge in [-0.05, 0) is 31.5 Å². The van der Waals surface area contributed by atoms with Gasteiger partial charge in [0.1, 0.15) is 5.75 Å². The van der Waals surface area contributed by atoms with E-state index in [-0.39, 0.29) is 12.5 Å². The summed E-state index contributed by atoms with van der Waals surface area (Å²) < 4.78 is 9.97. The van der Waals surface area contributed by atoms with E-state index >= 15 is 0 Å². The lowest BCUT2D eigenvalue weighted by molar-refractivity contribution is -0.142. The third-order valence-electron chi connectivity index (χ3n) is 2.22. The minimum atomic E-state index is -0.837. The molecule has 0 amide bonds. The number of esters is 1. The summed E-state index contributed by atoms with van der Waals surface area (Å²) in [5, 5.41) is 9.75. The number of aliphatic hydroxyl groups is 1. The standard InChI is InChI=1S/C13H18O4/c1-9(2)17-11-6-4-10(5-7-11)12(14)8-13(15)16-3/h4-7,9,12,14H,8H2,1-3H3/t12-/m1/s1. The van der Waals surface area contributed by atoms with Gasteiger partial charge in [-0.2, -0.15) is 0 Å². The second-order valence-corrected chi connectivity index (χ2v) is 4.03. The van der Waals surface area contributed by atoms with Gasteiger partial charge in [0.15, 0.2) is 0 Å². The van der Waals surface area contributed by atoms with Gasteiger partial charge < -0.3 is 14.6 Å². The predicted octanol–water partition coefficient (Wildman–Crippen LogP) is 2.07. The van der Waals surface area contributed by atoms with E-state index in [1.54, 1.807) is 24.3 Å². The number of benzene rings is 1. The molecule has 0 spiro atoms. The molecule has 0 bridgehead atoms. The van der Waals surface area contributed by atoms with E-state index in [9.17, 15) is 9.90 Å². The quantitative estimate of drug-likeness (QED) is 0.798. The van der Waals surface area contributed by atoms with E-state index < -0.39 is 12.1 Å². The zero-order chi connectivity index (χ0) is 12.8. The summed E-state index contributed by atoms with van der Waals surface area (Å²) in [6.45, 7) is 3.89. The number of aliphatic hydroxyl groups excluding tert-OH is 1. The van der Waals surface area contributed by atoms with Crippen LogP contribution in [0.5, 0.6) is 5.75 Å². The lowest BCUT2D eigenvalue weighted by Gasteiger charge is -2.12. The number of carbonyl (C=O) groups excluding carboxylic acids is 1. The lowest BCUT2D eigenvalue weighted by atomic mass is 10.1. The van der Waals surface area contributed by atoms with Crippen molar-refractivity contribution in [3.63, 3.8) is 0 Å². The highest BCUT2D eigenvalue weighted by molar-refractivity contribution is 5.70. The van der Waals surface area contributed by atoms with Crippen LogP contribution in [0.1, 0.15) is 31.9 Å². The first-order chi connectivity index (χ1) is 8.02. The van der Waals surface area contributed by atoms with Crippen LogP contribution < -0.4 is 4.74 Å². The molecular formula is C13H18O4. The average Bonchev–Trinajstić information content (AvgIpc) is 2.28. The first-order valence-electron chi connectivity index (χ1n) is 5.54. The zero-order valence-electron chi connectivity index (χ0n) is 10.3. The minimum absolute atomic E-state index is 0.0408. The van der Waals surface area contributed by atoms with Crippen molar-refractivity contribution in [3.05, 3.63) is 29.8 Å². The maximum absolute atomic E-state index is 11.0. The molecule has 94 valence electrons. The Labute approximate surface area is 101 Å². The van der Waals surface area contributed by atoms with Gasteiger partial charge in [0.25, 0.3) is 0 Å². The summed E-state index contributed by atoms with van der Waals surface area (Å²) in [5.41, 5.74) is 0.673. The van der Waals surface area contributed by atoms with Crippen LogP contribution >= 0.6 is 0 Å². The average molecular weight is 238 g/mol. The van der Waals surface area contributed by atoms with Crippen molar-refractivity contribution in [3.8, 4) is 5.75 Å². The molecule has 0 aliphatic heterocycles. The van der Waals surface area contributed by atoms with Gasteiger partial charge in [0.2, 0.25) is 0 Å². The molecule has 4 heteroatoms. The fraction of sp³-hybridized carbons (Fsp3) is 0.462. The van der Waals surface area contributed by atoms with Crippen molar-refractivity contribution < 1.29 is 19.4 Å². The number of methoxy groups -OCH3 is 1. The Morgan fingerprint density at radius 2 is 1.88 bits per heavy atom. The van der Waals surface area contributed by atoms with Crippen LogP contribution in [0.3, 0.4) is 0 Å². The molecule has 1 aromatic carbocycles. The fourth-order valence-electron chi connectivity index (χ4n) is 1.40. The van der Waals surface area contributed by atoms with E-state index in [4.69, 9.17) is 4.74 Å². The molecule has 0 radical (unpaired) electrons. The van der Waals surface area contributed by atoms with Crippen molar-refractivity contribution in [2.24, 2.45) is 0 Å². The molecule has 0 saturated heterocycles. The van der Waals surface area contributed by atoms with E-state index in [0.29, 0.717) is 5.56 Å². The SMILES string of the molecule is COC(=O)C[C@@H](O)c1ccc(OC(C)C)cc1. The van der Waals surface area contributed by atoms with Gasteiger partial charge >= 0.3 is 5.97 Å². The second kappa shape index (κ2) is 6.25.